The molecule has 1 spiro atoms. The van der Waals surface area contributed by atoms with Gasteiger partial charge >= 0.3 is 0 Å². The first-order valence-corrected chi connectivity index (χ1v) is 9.35. The summed E-state index contributed by atoms with van der Waals surface area (Å²) in [4.78, 5) is 13.8. The lowest BCUT2D eigenvalue weighted by molar-refractivity contribution is -0.190. The van der Waals surface area contributed by atoms with E-state index in [1.807, 2.05) is 13.8 Å². The van der Waals surface area contributed by atoms with E-state index >= 15 is 0 Å². The van der Waals surface area contributed by atoms with Gasteiger partial charge in [-0.3, -0.25) is 4.79 Å². The van der Waals surface area contributed by atoms with Crippen molar-refractivity contribution in [1.29, 1.82) is 0 Å². The van der Waals surface area contributed by atoms with Gasteiger partial charge in [0.25, 0.3) is 0 Å². The molecule has 6 nitrogen and oxygen atoms in total. The van der Waals surface area contributed by atoms with Crippen LogP contribution in [0.2, 0.25) is 0 Å². The third-order valence-electron chi connectivity index (χ3n) is 8.07. The van der Waals surface area contributed by atoms with E-state index in [1.54, 1.807) is 19.1 Å². The highest BCUT2D eigenvalue weighted by Gasteiger charge is 2.76. The lowest BCUT2D eigenvalue weighted by atomic mass is 9.59. The number of allylic oxidation sites excluding steroid dienone is 1. The van der Waals surface area contributed by atoms with Gasteiger partial charge in [0.1, 0.15) is 17.8 Å². The van der Waals surface area contributed by atoms with Gasteiger partial charge < -0.3 is 25.5 Å². The molecule has 0 saturated heterocycles. The molecule has 2 saturated carbocycles. The molecule has 4 aliphatic rings. The number of aliphatic hydroxyl groups excluding tert-OH is 4. The van der Waals surface area contributed by atoms with Crippen LogP contribution in [0.25, 0.3) is 0 Å². The molecule has 26 heavy (non-hydrogen) atoms. The minimum Gasteiger partial charge on any atom is -0.396 e. The summed E-state index contributed by atoms with van der Waals surface area (Å²) < 4.78 is 0. The van der Waals surface area contributed by atoms with Gasteiger partial charge in [-0.25, -0.2) is 0 Å². The molecule has 2 bridgehead atoms. The van der Waals surface area contributed by atoms with E-state index in [4.69, 9.17) is 0 Å². The van der Waals surface area contributed by atoms with Crippen molar-refractivity contribution in [1.82, 2.24) is 0 Å². The Morgan fingerprint density at radius 1 is 1.23 bits per heavy atom. The Bertz CT molecular complexity index is 728. The molecule has 5 N–H and O–H groups in total. The molecule has 9 atom stereocenters. The average Bonchev–Trinajstić information content (AvgIpc) is 3.16. The summed E-state index contributed by atoms with van der Waals surface area (Å²) >= 11 is 0. The maximum absolute atomic E-state index is 13.8. The zero-order valence-corrected chi connectivity index (χ0v) is 15.4. The first-order valence-electron chi connectivity index (χ1n) is 9.35. The van der Waals surface area contributed by atoms with Crippen LogP contribution < -0.4 is 0 Å². The van der Waals surface area contributed by atoms with Crippen molar-refractivity contribution in [2.75, 3.05) is 13.2 Å². The maximum Gasteiger partial charge on any atom is 0.153 e. The summed E-state index contributed by atoms with van der Waals surface area (Å²) in [6.45, 7) is 4.95. The lowest BCUT2D eigenvalue weighted by Crippen LogP contribution is -2.65. The number of carbonyl (C=O) groups excluding carboxylic acids is 1. The molecule has 6 heteroatoms. The summed E-state index contributed by atoms with van der Waals surface area (Å²) in [5.74, 6) is -1.13. The largest absolute Gasteiger partial charge is 0.396 e. The van der Waals surface area contributed by atoms with Crippen molar-refractivity contribution in [2.45, 2.75) is 45.0 Å². The molecule has 9 unspecified atom stereocenters. The Labute approximate surface area is 152 Å². The Morgan fingerprint density at radius 3 is 2.46 bits per heavy atom. The van der Waals surface area contributed by atoms with Crippen LogP contribution in [0.5, 0.6) is 0 Å². The SMILES string of the molecule is CC1=CC23C(=O)C(C=C(CO)C(O)C2(O)C1O)C1C(CC3C)C1(C)CO. The minimum absolute atomic E-state index is 0.0293. The van der Waals surface area contributed by atoms with E-state index in [0.29, 0.717) is 12.0 Å². The van der Waals surface area contributed by atoms with Crippen molar-refractivity contribution in [3.8, 4) is 0 Å². The van der Waals surface area contributed by atoms with E-state index in [0.717, 1.165) is 0 Å². The predicted octanol–water partition coefficient (Wildman–Crippen LogP) is -0.212. The van der Waals surface area contributed by atoms with E-state index in [9.17, 15) is 30.3 Å². The Balaban J connectivity index is 1.98. The Kier molecular flexibility index (Phi) is 3.71. The molecular weight excluding hydrogens is 336 g/mol. The minimum atomic E-state index is -2.09. The molecule has 0 aliphatic heterocycles. The smallest absolute Gasteiger partial charge is 0.153 e. The highest BCUT2D eigenvalue weighted by molar-refractivity contribution is 5.95. The average molecular weight is 364 g/mol. The summed E-state index contributed by atoms with van der Waals surface area (Å²) in [5, 5.41) is 53.0. The predicted molar refractivity (Wildman–Crippen MR) is 92.8 cm³/mol. The Morgan fingerprint density at radius 2 is 1.88 bits per heavy atom. The standard InChI is InChI=1S/C20H28O6/c1-9-6-19-10(2)4-13-14(18(13,3)8-22)12(17(19)25)5-11(7-21)16(24)20(19,26)15(9)23/h5-6,10,12-16,21-24,26H,4,7-8H2,1-3H3. The second-order valence-corrected chi connectivity index (χ2v) is 9.11. The fourth-order valence-corrected chi connectivity index (χ4v) is 6.48. The van der Waals surface area contributed by atoms with Crippen LogP contribution in [-0.2, 0) is 4.79 Å². The van der Waals surface area contributed by atoms with Crippen molar-refractivity contribution < 1.29 is 30.3 Å². The summed E-state index contributed by atoms with van der Waals surface area (Å²) in [7, 11) is 0. The second-order valence-electron chi connectivity index (χ2n) is 9.11. The summed E-state index contributed by atoms with van der Waals surface area (Å²) in [6, 6.07) is 0. The molecule has 0 aromatic rings. The van der Waals surface area contributed by atoms with Crippen LogP contribution in [0.3, 0.4) is 0 Å². The van der Waals surface area contributed by atoms with Gasteiger partial charge in [0.2, 0.25) is 0 Å². The number of fused-ring (bicyclic) bond motifs is 3. The Hall–Kier alpha value is -1.05. The molecule has 0 aromatic carbocycles. The van der Waals surface area contributed by atoms with Crippen LogP contribution in [-0.4, -0.2) is 62.3 Å². The lowest BCUT2D eigenvalue weighted by Gasteiger charge is -2.48. The topological polar surface area (TPSA) is 118 Å². The van der Waals surface area contributed by atoms with E-state index in [2.05, 4.69) is 0 Å². The van der Waals surface area contributed by atoms with Crippen LogP contribution in [0, 0.1) is 34.5 Å². The molecule has 0 aromatic heterocycles. The number of Topliss-reactive ketones (excluding diaryl/α,β-unsaturated/α-hetero) is 1. The quantitative estimate of drug-likeness (QED) is 0.433. The van der Waals surface area contributed by atoms with Gasteiger partial charge in [-0.2, -0.15) is 0 Å². The van der Waals surface area contributed by atoms with Gasteiger partial charge in [-0.1, -0.05) is 26.0 Å². The molecule has 4 rings (SSSR count). The maximum atomic E-state index is 13.8. The molecule has 0 amide bonds. The van der Waals surface area contributed by atoms with Crippen molar-refractivity contribution in [2.24, 2.45) is 34.5 Å². The van der Waals surface area contributed by atoms with Crippen molar-refractivity contribution >= 4 is 5.78 Å². The van der Waals surface area contributed by atoms with Crippen molar-refractivity contribution in [3.05, 3.63) is 23.3 Å². The van der Waals surface area contributed by atoms with Gasteiger partial charge in [-0.15, -0.1) is 0 Å². The molecular formula is C20H28O6. The van der Waals surface area contributed by atoms with Gasteiger partial charge in [0.05, 0.1) is 12.0 Å². The number of hydrogen-bond acceptors (Lipinski definition) is 6. The fourth-order valence-electron chi connectivity index (χ4n) is 6.48. The van der Waals surface area contributed by atoms with Crippen LogP contribution in [0.1, 0.15) is 27.2 Å². The number of carbonyl (C=O) groups is 1. The first-order chi connectivity index (χ1) is 12.1. The molecule has 0 heterocycles. The zero-order chi connectivity index (χ0) is 19.2. The second kappa shape index (κ2) is 5.26. The number of rotatable bonds is 2. The highest BCUT2D eigenvalue weighted by Crippen LogP contribution is 2.71. The molecule has 4 aliphatic carbocycles. The summed E-state index contributed by atoms with van der Waals surface area (Å²) in [6.07, 6.45) is 0.936. The summed E-state index contributed by atoms with van der Waals surface area (Å²) in [5.41, 5.74) is -3.25. The number of ketones is 1. The molecule has 2 fully saturated rings. The first kappa shape index (κ1) is 18.3. The third-order valence-corrected chi connectivity index (χ3v) is 8.07. The van der Waals surface area contributed by atoms with E-state index in [-0.39, 0.29) is 41.1 Å². The van der Waals surface area contributed by atoms with E-state index < -0.39 is 35.7 Å². The van der Waals surface area contributed by atoms with Gasteiger partial charge in [0, 0.05) is 12.5 Å². The van der Waals surface area contributed by atoms with Crippen LogP contribution >= 0.6 is 0 Å². The van der Waals surface area contributed by atoms with Gasteiger partial charge in [-0.05, 0) is 47.7 Å². The highest BCUT2D eigenvalue weighted by atomic mass is 16.4. The fraction of sp³-hybridized carbons (Fsp3) is 0.750. The zero-order valence-electron chi connectivity index (χ0n) is 15.4. The van der Waals surface area contributed by atoms with Crippen LogP contribution in [0.4, 0.5) is 0 Å². The molecule has 144 valence electrons. The van der Waals surface area contributed by atoms with Crippen LogP contribution in [0.15, 0.2) is 23.3 Å². The van der Waals surface area contributed by atoms with Crippen molar-refractivity contribution in [3.63, 3.8) is 0 Å². The number of hydrogen-bond donors (Lipinski definition) is 5. The van der Waals surface area contributed by atoms with Gasteiger partial charge in [0.15, 0.2) is 5.78 Å². The monoisotopic (exact) mass is 364 g/mol. The van der Waals surface area contributed by atoms with E-state index in [1.165, 1.54) is 0 Å². The molecule has 0 radical (unpaired) electrons. The third kappa shape index (κ3) is 1.73. The number of aliphatic hydroxyl groups is 5. The normalized spacial score (nSPS) is 55.3.